The Kier molecular flexibility index (Phi) is 7.21. The van der Waals surface area contributed by atoms with Gasteiger partial charge in [0.25, 0.3) is 5.78 Å². The molecule has 7 nitrogen and oxygen atoms in total. The molecule has 0 spiro atoms. The molecule has 1 amide bonds. The number of aliphatic hydroxyl groups excluding tert-OH is 1. The van der Waals surface area contributed by atoms with E-state index >= 15 is 0 Å². The van der Waals surface area contributed by atoms with E-state index in [9.17, 15) is 14.7 Å². The summed E-state index contributed by atoms with van der Waals surface area (Å²) in [5.41, 5.74) is 2.68. The maximum atomic E-state index is 13.7. The molecule has 0 radical (unpaired) electrons. The van der Waals surface area contributed by atoms with Crippen molar-refractivity contribution in [3.63, 3.8) is 0 Å². The van der Waals surface area contributed by atoms with Gasteiger partial charge in [0.15, 0.2) is 5.13 Å². The number of carbonyl (C=O) groups excluding carboxylic acids is 2. The largest absolute Gasteiger partial charge is 0.507 e. The van der Waals surface area contributed by atoms with Crippen molar-refractivity contribution in [2.24, 2.45) is 5.92 Å². The van der Waals surface area contributed by atoms with Crippen molar-refractivity contribution in [1.29, 1.82) is 0 Å². The lowest BCUT2D eigenvalue weighted by Gasteiger charge is -2.23. The minimum Gasteiger partial charge on any atom is -0.507 e. The number of amides is 1. The summed E-state index contributed by atoms with van der Waals surface area (Å²) >= 11 is 7.47. The van der Waals surface area contributed by atoms with Crippen molar-refractivity contribution >= 4 is 55.7 Å². The van der Waals surface area contributed by atoms with Crippen molar-refractivity contribution in [3.8, 4) is 11.5 Å². The van der Waals surface area contributed by atoms with Crippen LogP contribution >= 0.6 is 22.9 Å². The van der Waals surface area contributed by atoms with E-state index in [4.69, 9.17) is 21.1 Å². The molecular formula is C32H29ClN2O5S. The molecule has 210 valence electrons. The van der Waals surface area contributed by atoms with Crippen LogP contribution in [0.25, 0.3) is 16.0 Å². The molecule has 2 aliphatic rings. The number of nitrogens with zero attached hydrogens (tertiary/aromatic N) is 2. The molecule has 2 atom stereocenters. The van der Waals surface area contributed by atoms with E-state index in [0.29, 0.717) is 51.5 Å². The van der Waals surface area contributed by atoms with Gasteiger partial charge in [-0.3, -0.25) is 14.5 Å². The lowest BCUT2D eigenvalue weighted by atomic mass is 9.94. The molecule has 1 saturated heterocycles. The number of benzene rings is 3. The maximum absolute atomic E-state index is 13.7. The third-order valence-electron chi connectivity index (χ3n) is 7.30. The normalized spacial score (nSPS) is 19.7. The van der Waals surface area contributed by atoms with Crippen LogP contribution in [0.4, 0.5) is 5.13 Å². The Morgan fingerprint density at radius 1 is 1.17 bits per heavy atom. The fourth-order valence-corrected chi connectivity index (χ4v) is 6.51. The molecule has 1 fully saturated rings. The molecule has 3 heterocycles. The van der Waals surface area contributed by atoms with Gasteiger partial charge >= 0.3 is 5.91 Å². The van der Waals surface area contributed by atoms with Crippen LogP contribution in [0, 0.1) is 5.92 Å². The summed E-state index contributed by atoms with van der Waals surface area (Å²) in [6.07, 6.45) is 1.61. The third-order valence-corrected chi connectivity index (χ3v) is 8.55. The predicted molar refractivity (Wildman–Crippen MR) is 161 cm³/mol. The smallest absolute Gasteiger partial charge is 0.301 e. The number of halogens is 1. The van der Waals surface area contributed by atoms with Gasteiger partial charge in [0.2, 0.25) is 0 Å². The van der Waals surface area contributed by atoms with E-state index in [0.717, 1.165) is 22.4 Å². The number of fused-ring (bicyclic) bond motifs is 2. The Morgan fingerprint density at radius 3 is 2.80 bits per heavy atom. The Labute approximate surface area is 247 Å². The van der Waals surface area contributed by atoms with Crippen LogP contribution in [-0.4, -0.2) is 34.5 Å². The van der Waals surface area contributed by atoms with E-state index in [1.165, 1.54) is 16.2 Å². The van der Waals surface area contributed by atoms with Crippen LogP contribution in [0.15, 0.2) is 66.2 Å². The first-order chi connectivity index (χ1) is 19.7. The summed E-state index contributed by atoms with van der Waals surface area (Å²) in [6.45, 7) is 6.77. The Balaban J connectivity index is 1.48. The SMILES string of the molecule is CC(C)CCOc1cccc([C@@H]2C(=C(O)c3ccc4c(c3)C[C@H](C)O4)C(=O)C(=O)N2c2nc3ccc(Cl)cc3s2)c1. The molecule has 0 bridgehead atoms. The monoisotopic (exact) mass is 588 g/mol. The van der Waals surface area contributed by atoms with Crippen LogP contribution in [0.1, 0.15) is 49.9 Å². The Morgan fingerprint density at radius 2 is 2.00 bits per heavy atom. The fourth-order valence-electron chi connectivity index (χ4n) is 5.25. The van der Waals surface area contributed by atoms with Gasteiger partial charge in [-0.1, -0.05) is 48.9 Å². The highest BCUT2D eigenvalue weighted by Crippen LogP contribution is 2.45. The second kappa shape index (κ2) is 10.8. The number of carbonyl (C=O) groups is 2. The summed E-state index contributed by atoms with van der Waals surface area (Å²) in [5.74, 6) is 0.0814. The molecule has 0 saturated carbocycles. The molecule has 41 heavy (non-hydrogen) atoms. The summed E-state index contributed by atoms with van der Waals surface area (Å²) < 4.78 is 12.6. The van der Waals surface area contributed by atoms with Crippen LogP contribution in [0.2, 0.25) is 5.02 Å². The number of rotatable bonds is 7. The minimum atomic E-state index is -0.914. The number of hydrogen-bond donors (Lipinski definition) is 1. The number of hydrogen-bond acceptors (Lipinski definition) is 7. The van der Waals surface area contributed by atoms with Gasteiger partial charge in [0.1, 0.15) is 23.4 Å². The number of thiazole rings is 1. The highest BCUT2D eigenvalue weighted by molar-refractivity contribution is 7.22. The van der Waals surface area contributed by atoms with Crippen LogP contribution in [-0.2, 0) is 16.0 Å². The number of aromatic nitrogens is 1. The number of ether oxygens (including phenoxy) is 2. The predicted octanol–water partition coefficient (Wildman–Crippen LogP) is 7.32. The summed E-state index contributed by atoms with van der Waals surface area (Å²) in [6, 6.07) is 17.0. The van der Waals surface area contributed by atoms with Crippen LogP contribution in [0.3, 0.4) is 0 Å². The van der Waals surface area contributed by atoms with Gasteiger partial charge in [-0.2, -0.15) is 0 Å². The molecule has 0 aliphatic carbocycles. The molecule has 6 rings (SSSR count). The lowest BCUT2D eigenvalue weighted by molar-refractivity contribution is -0.132. The quantitative estimate of drug-likeness (QED) is 0.138. The second-order valence-electron chi connectivity index (χ2n) is 10.8. The van der Waals surface area contributed by atoms with Gasteiger partial charge in [0, 0.05) is 17.0 Å². The van der Waals surface area contributed by atoms with E-state index in [1.807, 2.05) is 37.3 Å². The number of anilines is 1. The second-order valence-corrected chi connectivity index (χ2v) is 12.3. The zero-order valence-corrected chi connectivity index (χ0v) is 24.5. The fraction of sp³-hybridized carbons (Fsp3) is 0.281. The molecule has 2 aliphatic heterocycles. The van der Waals surface area contributed by atoms with Gasteiger partial charge in [0.05, 0.1) is 28.4 Å². The Hall–Kier alpha value is -3.88. The molecule has 9 heteroatoms. The standard InChI is InChI=1S/C32H29ClN2O5S/c1-17(2)11-12-39-23-6-4-5-19(15-23)28-27(29(36)20-7-10-25-21(14-20)13-18(3)40-25)30(37)31(38)35(28)32-34-24-9-8-22(33)16-26(24)41-32/h4-10,14-18,28,36H,11-13H2,1-3H3/t18-,28+/m0/s1. The van der Waals surface area contributed by atoms with Gasteiger partial charge in [-0.05, 0) is 78.9 Å². The third kappa shape index (κ3) is 5.18. The Bertz CT molecular complexity index is 1710. The number of ketones is 1. The highest BCUT2D eigenvalue weighted by atomic mass is 35.5. The highest BCUT2D eigenvalue weighted by Gasteiger charge is 2.48. The number of aliphatic hydroxyl groups is 1. The van der Waals surface area contributed by atoms with Crippen molar-refractivity contribution in [3.05, 3.63) is 87.9 Å². The number of Topliss-reactive ketones (excluding diaryl/α,β-unsaturated/α-hetero) is 1. The van der Waals surface area contributed by atoms with E-state index in [2.05, 4.69) is 18.8 Å². The first kappa shape index (κ1) is 27.3. The van der Waals surface area contributed by atoms with Crippen molar-refractivity contribution < 1.29 is 24.2 Å². The molecular weight excluding hydrogens is 560 g/mol. The first-order valence-corrected chi connectivity index (χ1v) is 14.8. The minimum absolute atomic E-state index is 0.00136. The van der Waals surface area contributed by atoms with Gasteiger partial charge < -0.3 is 14.6 Å². The topological polar surface area (TPSA) is 89.0 Å². The lowest BCUT2D eigenvalue weighted by Crippen LogP contribution is -2.29. The van der Waals surface area contributed by atoms with Crippen molar-refractivity contribution in [2.75, 3.05) is 11.5 Å². The van der Waals surface area contributed by atoms with Crippen LogP contribution < -0.4 is 14.4 Å². The average molecular weight is 589 g/mol. The zero-order valence-electron chi connectivity index (χ0n) is 22.9. The first-order valence-electron chi connectivity index (χ1n) is 13.6. The van der Waals surface area contributed by atoms with Crippen molar-refractivity contribution in [2.45, 2.75) is 45.8 Å². The van der Waals surface area contributed by atoms with E-state index in [-0.39, 0.29) is 17.4 Å². The summed E-state index contributed by atoms with van der Waals surface area (Å²) in [5, 5.41) is 12.5. The van der Waals surface area contributed by atoms with Gasteiger partial charge in [-0.25, -0.2) is 4.98 Å². The molecule has 3 aromatic carbocycles. The molecule has 1 aromatic heterocycles. The summed E-state index contributed by atoms with van der Waals surface area (Å²) in [7, 11) is 0. The zero-order chi connectivity index (χ0) is 28.8. The molecule has 1 N–H and O–H groups in total. The molecule has 4 aromatic rings. The van der Waals surface area contributed by atoms with Gasteiger partial charge in [-0.15, -0.1) is 0 Å². The average Bonchev–Trinajstić information content (AvgIpc) is 3.60. The summed E-state index contributed by atoms with van der Waals surface area (Å²) in [4.78, 5) is 33.4. The maximum Gasteiger partial charge on any atom is 0.301 e. The van der Waals surface area contributed by atoms with Crippen LogP contribution in [0.5, 0.6) is 11.5 Å². The molecule has 0 unspecified atom stereocenters. The van der Waals surface area contributed by atoms with E-state index in [1.54, 1.807) is 30.3 Å². The van der Waals surface area contributed by atoms with E-state index < -0.39 is 17.7 Å². The van der Waals surface area contributed by atoms with Crippen molar-refractivity contribution in [1.82, 2.24) is 4.98 Å².